The summed E-state index contributed by atoms with van der Waals surface area (Å²) in [6.07, 6.45) is 5.37. The van der Waals surface area contributed by atoms with E-state index in [1.54, 1.807) is 12.4 Å². The predicted octanol–water partition coefficient (Wildman–Crippen LogP) is 3.87. The van der Waals surface area contributed by atoms with Crippen molar-refractivity contribution in [2.24, 2.45) is 0 Å². The molecule has 6 nitrogen and oxygen atoms in total. The van der Waals surface area contributed by atoms with Crippen molar-refractivity contribution in [2.75, 3.05) is 13.1 Å². The van der Waals surface area contributed by atoms with Gasteiger partial charge in [-0.15, -0.1) is 0 Å². The van der Waals surface area contributed by atoms with E-state index in [1.807, 2.05) is 25.1 Å². The van der Waals surface area contributed by atoms with E-state index in [0.717, 1.165) is 49.0 Å². The maximum Gasteiger partial charge on any atom is 0.278 e. The van der Waals surface area contributed by atoms with Crippen LogP contribution in [-0.4, -0.2) is 38.1 Å². The fraction of sp³-hybridized carbons (Fsp3) is 0.368. The van der Waals surface area contributed by atoms with Crippen LogP contribution >= 0.6 is 11.6 Å². The van der Waals surface area contributed by atoms with Crippen LogP contribution in [0.15, 0.2) is 41.2 Å². The molecule has 26 heavy (non-hydrogen) atoms. The normalized spacial score (nSPS) is 16.1. The molecule has 134 valence electrons. The van der Waals surface area contributed by atoms with E-state index in [0.29, 0.717) is 17.5 Å². The molecule has 0 spiro atoms. The van der Waals surface area contributed by atoms with Gasteiger partial charge in [-0.1, -0.05) is 35.0 Å². The number of halogens is 1. The Morgan fingerprint density at radius 3 is 2.69 bits per heavy atom. The van der Waals surface area contributed by atoms with Gasteiger partial charge < -0.3 is 4.52 Å². The summed E-state index contributed by atoms with van der Waals surface area (Å²) in [5.74, 6) is 1.51. The molecular formula is C19H20ClN5O. The van der Waals surface area contributed by atoms with Crippen LogP contribution in [0.3, 0.4) is 0 Å². The Morgan fingerprint density at radius 1 is 1.15 bits per heavy atom. The first-order valence-electron chi connectivity index (χ1n) is 8.77. The first kappa shape index (κ1) is 17.1. The third-order valence-electron chi connectivity index (χ3n) is 4.75. The average molecular weight is 370 g/mol. The maximum atomic E-state index is 6.27. The van der Waals surface area contributed by atoms with Gasteiger partial charge >= 0.3 is 0 Å². The van der Waals surface area contributed by atoms with Gasteiger partial charge in [0.05, 0.1) is 11.9 Å². The molecule has 0 atom stereocenters. The number of hydrogen-bond donors (Lipinski definition) is 0. The van der Waals surface area contributed by atoms with Crippen LogP contribution in [0.25, 0.3) is 11.6 Å². The fourth-order valence-electron chi connectivity index (χ4n) is 3.22. The van der Waals surface area contributed by atoms with E-state index in [-0.39, 0.29) is 0 Å². The van der Waals surface area contributed by atoms with Crippen molar-refractivity contribution >= 4 is 11.6 Å². The monoisotopic (exact) mass is 369 g/mol. The number of nitrogens with zero attached hydrogens (tertiary/aromatic N) is 5. The smallest absolute Gasteiger partial charge is 0.278 e. The lowest BCUT2D eigenvalue weighted by Gasteiger charge is -2.30. The molecule has 1 aliphatic rings. The van der Waals surface area contributed by atoms with Gasteiger partial charge in [0, 0.05) is 23.7 Å². The second-order valence-electron chi connectivity index (χ2n) is 6.64. The van der Waals surface area contributed by atoms with Crippen LogP contribution in [-0.2, 0) is 6.54 Å². The SMILES string of the molecule is Cc1cnc(-c2nc(C3CCN(Cc4ccccc4Cl)CC3)no2)cn1. The zero-order valence-electron chi connectivity index (χ0n) is 14.6. The standard InChI is InChI=1S/C19H20ClN5O/c1-13-10-22-17(11-21-13)19-23-18(24-26-19)14-6-8-25(9-7-14)12-15-4-2-3-5-16(15)20/h2-5,10-11,14H,6-9,12H2,1H3. The topological polar surface area (TPSA) is 67.9 Å². The first-order chi connectivity index (χ1) is 12.7. The summed E-state index contributed by atoms with van der Waals surface area (Å²) in [5.41, 5.74) is 2.65. The van der Waals surface area contributed by atoms with Gasteiger partial charge in [0.15, 0.2) is 5.82 Å². The van der Waals surface area contributed by atoms with Crippen LogP contribution in [0.4, 0.5) is 0 Å². The van der Waals surface area contributed by atoms with E-state index in [4.69, 9.17) is 16.1 Å². The van der Waals surface area contributed by atoms with Crippen molar-refractivity contribution in [3.63, 3.8) is 0 Å². The zero-order valence-corrected chi connectivity index (χ0v) is 15.4. The fourth-order valence-corrected chi connectivity index (χ4v) is 3.42. The highest BCUT2D eigenvalue weighted by Crippen LogP contribution is 2.29. The van der Waals surface area contributed by atoms with Gasteiger partial charge in [-0.2, -0.15) is 4.98 Å². The van der Waals surface area contributed by atoms with Gasteiger partial charge in [-0.3, -0.25) is 9.88 Å². The molecule has 0 aliphatic carbocycles. The summed E-state index contributed by atoms with van der Waals surface area (Å²) >= 11 is 6.27. The van der Waals surface area contributed by atoms with Crippen LogP contribution in [0, 0.1) is 6.92 Å². The molecule has 2 aromatic heterocycles. The van der Waals surface area contributed by atoms with Crippen molar-refractivity contribution < 1.29 is 4.52 Å². The number of hydrogen-bond acceptors (Lipinski definition) is 6. The molecule has 4 rings (SSSR count). The third kappa shape index (κ3) is 3.76. The highest BCUT2D eigenvalue weighted by molar-refractivity contribution is 6.31. The van der Waals surface area contributed by atoms with Gasteiger partial charge in [-0.25, -0.2) is 4.98 Å². The highest BCUT2D eigenvalue weighted by Gasteiger charge is 2.25. The molecular weight excluding hydrogens is 350 g/mol. The lowest BCUT2D eigenvalue weighted by atomic mass is 9.96. The average Bonchev–Trinajstić information content (AvgIpc) is 3.15. The second kappa shape index (κ2) is 7.51. The molecule has 0 bridgehead atoms. The van der Waals surface area contributed by atoms with Crippen LogP contribution in [0.1, 0.15) is 35.8 Å². The summed E-state index contributed by atoms with van der Waals surface area (Å²) in [6.45, 7) is 4.75. The van der Waals surface area contributed by atoms with Crippen LogP contribution in [0.2, 0.25) is 5.02 Å². The Labute approximate surface area is 157 Å². The van der Waals surface area contributed by atoms with Crippen LogP contribution in [0.5, 0.6) is 0 Å². The Hall–Kier alpha value is -2.31. The van der Waals surface area contributed by atoms with Crippen molar-refractivity contribution in [1.29, 1.82) is 0 Å². The lowest BCUT2D eigenvalue weighted by Crippen LogP contribution is -2.32. The molecule has 1 saturated heterocycles. The van der Waals surface area contributed by atoms with Gasteiger partial charge in [-0.05, 0) is 44.5 Å². The number of benzene rings is 1. The maximum absolute atomic E-state index is 6.27. The zero-order chi connectivity index (χ0) is 17.9. The number of piperidine rings is 1. The summed E-state index contributed by atoms with van der Waals surface area (Å²) in [5, 5.41) is 5.00. The molecule has 1 aliphatic heterocycles. The third-order valence-corrected chi connectivity index (χ3v) is 5.12. The molecule has 1 fully saturated rings. The minimum atomic E-state index is 0.313. The Balaban J connectivity index is 1.38. The summed E-state index contributed by atoms with van der Waals surface area (Å²) in [6, 6.07) is 8.02. The van der Waals surface area contributed by atoms with Gasteiger partial charge in [0.1, 0.15) is 5.69 Å². The Kier molecular flexibility index (Phi) is 4.95. The van der Waals surface area contributed by atoms with E-state index in [9.17, 15) is 0 Å². The summed E-state index contributed by atoms with van der Waals surface area (Å²) in [7, 11) is 0. The summed E-state index contributed by atoms with van der Waals surface area (Å²) in [4.78, 5) is 15.5. The van der Waals surface area contributed by atoms with Gasteiger partial charge in [0.2, 0.25) is 0 Å². The molecule has 1 aromatic carbocycles. The van der Waals surface area contributed by atoms with E-state index in [1.165, 1.54) is 5.56 Å². The van der Waals surface area contributed by atoms with Gasteiger partial charge in [0.25, 0.3) is 5.89 Å². The minimum Gasteiger partial charge on any atom is -0.332 e. The number of rotatable bonds is 4. The molecule has 0 unspecified atom stereocenters. The lowest BCUT2D eigenvalue weighted by molar-refractivity contribution is 0.200. The van der Waals surface area contributed by atoms with E-state index in [2.05, 4.69) is 31.1 Å². The number of aryl methyl sites for hydroxylation is 1. The summed E-state index contributed by atoms with van der Waals surface area (Å²) < 4.78 is 5.39. The van der Waals surface area contributed by atoms with Crippen molar-refractivity contribution in [1.82, 2.24) is 25.0 Å². The molecule has 0 amide bonds. The van der Waals surface area contributed by atoms with Crippen molar-refractivity contribution in [2.45, 2.75) is 32.2 Å². The van der Waals surface area contributed by atoms with Crippen molar-refractivity contribution in [3.8, 4) is 11.6 Å². The Morgan fingerprint density at radius 2 is 1.96 bits per heavy atom. The van der Waals surface area contributed by atoms with E-state index < -0.39 is 0 Å². The van der Waals surface area contributed by atoms with Crippen LogP contribution < -0.4 is 0 Å². The molecule has 3 aromatic rings. The van der Waals surface area contributed by atoms with Crippen molar-refractivity contribution in [3.05, 3.63) is 58.8 Å². The number of likely N-dealkylation sites (tertiary alicyclic amines) is 1. The van der Waals surface area contributed by atoms with E-state index >= 15 is 0 Å². The predicted molar refractivity (Wildman–Crippen MR) is 98.8 cm³/mol. The molecule has 0 radical (unpaired) electrons. The molecule has 0 saturated carbocycles. The number of aromatic nitrogens is 4. The molecule has 3 heterocycles. The highest BCUT2D eigenvalue weighted by atomic mass is 35.5. The first-order valence-corrected chi connectivity index (χ1v) is 9.15. The molecule has 7 heteroatoms. The second-order valence-corrected chi connectivity index (χ2v) is 7.05. The Bertz CT molecular complexity index is 872. The minimum absolute atomic E-state index is 0.313. The largest absolute Gasteiger partial charge is 0.332 e. The molecule has 0 N–H and O–H groups in total. The quantitative estimate of drug-likeness (QED) is 0.695.